The molecule has 2 atom stereocenters. The third-order valence-electron chi connectivity index (χ3n) is 5.24. The van der Waals surface area contributed by atoms with Crippen LogP contribution in [0.3, 0.4) is 0 Å². The minimum absolute atomic E-state index is 0.0887. The summed E-state index contributed by atoms with van der Waals surface area (Å²) in [5.41, 5.74) is -1.99. The molecule has 1 aliphatic carbocycles. The minimum Gasteiger partial charge on any atom is -0.303 e. The summed E-state index contributed by atoms with van der Waals surface area (Å²) < 4.78 is 79.6. The molecule has 0 aromatic heterocycles. The van der Waals surface area contributed by atoms with Crippen LogP contribution < -0.4 is 10.0 Å². The summed E-state index contributed by atoms with van der Waals surface area (Å²) in [5, 5.41) is 3.88. The molecule has 3 rings (SSSR count). The van der Waals surface area contributed by atoms with Gasteiger partial charge in [0, 0.05) is 10.6 Å². The predicted octanol–water partition coefficient (Wildman–Crippen LogP) is 4.74. The Balaban J connectivity index is 2.24. The number of nitrogens with zero attached hydrogens (tertiary/aromatic N) is 1. The number of carbonyl (C=O) groups is 1. The van der Waals surface area contributed by atoms with Gasteiger partial charge in [-0.3, -0.25) is 4.79 Å². The van der Waals surface area contributed by atoms with E-state index in [9.17, 15) is 30.8 Å². The van der Waals surface area contributed by atoms with Crippen molar-refractivity contribution in [3.05, 3.63) is 64.4 Å². The van der Waals surface area contributed by atoms with Gasteiger partial charge in [-0.2, -0.15) is 13.2 Å². The first kappa shape index (κ1) is 23.5. The first-order valence-electron chi connectivity index (χ1n) is 9.37. The maximum atomic E-state index is 13.8. The SMILES string of the molecule is NS(=O)(=O)C1CCCCC1N(C(=O)c1cccc(F)c1)c1ccc(Cl)cc1C(F)(F)F. The quantitative estimate of drug-likeness (QED) is 0.644. The summed E-state index contributed by atoms with van der Waals surface area (Å²) in [6.45, 7) is 0. The van der Waals surface area contributed by atoms with Gasteiger partial charge in [-0.15, -0.1) is 0 Å². The molecule has 1 amide bonds. The number of primary sulfonamides is 1. The Bertz CT molecular complexity index is 1090. The molecule has 11 heteroatoms. The summed E-state index contributed by atoms with van der Waals surface area (Å²) in [7, 11) is -4.18. The van der Waals surface area contributed by atoms with Crippen molar-refractivity contribution in [3.8, 4) is 0 Å². The van der Waals surface area contributed by atoms with Gasteiger partial charge in [0.2, 0.25) is 10.0 Å². The van der Waals surface area contributed by atoms with Gasteiger partial charge in [0.1, 0.15) is 5.82 Å². The van der Waals surface area contributed by atoms with Crippen LogP contribution in [-0.2, 0) is 16.2 Å². The summed E-state index contributed by atoms with van der Waals surface area (Å²) in [6, 6.07) is 6.14. The van der Waals surface area contributed by atoms with Crippen LogP contribution in [0.15, 0.2) is 42.5 Å². The molecular formula is C20H19ClF4N2O3S. The number of amides is 1. The lowest BCUT2D eigenvalue weighted by Gasteiger charge is -2.40. The Kier molecular flexibility index (Phi) is 6.64. The Hall–Kier alpha value is -2.17. The molecule has 0 heterocycles. The molecule has 2 aromatic carbocycles. The third kappa shape index (κ3) is 5.19. The number of nitrogens with two attached hydrogens (primary N) is 1. The van der Waals surface area contributed by atoms with Crippen molar-refractivity contribution in [2.75, 3.05) is 4.90 Å². The van der Waals surface area contributed by atoms with Gasteiger partial charge in [-0.1, -0.05) is 30.5 Å². The smallest absolute Gasteiger partial charge is 0.303 e. The normalized spacial score (nSPS) is 19.8. The molecule has 168 valence electrons. The molecule has 0 aliphatic heterocycles. The highest BCUT2D eigenvalue weighted by molar-refractivity contribution is 7.89. The first-order chi connectivity index (χ1) is 14.4. The second-order valence-electron chi connectivity index (χ2n) is 7.32. The molecular weight excluding hydrogens is 460 g/mol. The highest BCUT2D eigenvalue weighted by atomic mass is 35.5. The van der Waals surface area contributed by atoms with Crippen molar-refractivity contribution >= 4 is 33.2 Å². The highest BCUT2D eigenvalue weighted by Crippen LogP contribution is 2.41. The molecule has 2 N–H and O–H groups in total. The maximum absolute atomic E-state index is 13.8. The number of sulfonamides is 1. The van der Waals surface area contributed by atoms with Crippen LogP contribution in [0, 0.1) is 5.82 Å². The van der Waals surface area contributed by atoms with E-state index in [0.717, 1.165) is 23.1 Å². The van der Waals surface area contributed by atoms with Gasteiger partial charge in [-0.05, 0) is 49.2 Å². The fraction of sp³-hybridized carbons (Fsp3) is 0.350. The van der Waals surface area contributed by atoms with E-state index >= 15 is 0 Å². The zero-order valence-corrected chi connectivity index (χ0v) is 17.6. The average molecular weight is 479 g/mol. The van der Waals surface area contributed by atoms with E-state index in [1.165, 1.54) is 18.2 Å². The van der Waals surface area contributed by atoms with Crippen molar-refractivity contribution in [2.45, 2.75) is 43.2 Å². The van der Waals surface area contributed by atoms with Crippen LogP contribution in [-0.4, -0.2) is 25.6 Å². The monoisotopic (exact) mass is 478 g/mol. The number of carbonyl (C=O) groups excluding carboxylic acids is 1. The maximum Gasteiger partial charge on any atom is 0.418 e. The van der Waals surface area contributed by atoms with Gasteiger partial charge in [-0.25, -0.2) is 17.9 Å². The van der Waals surface area contributed by atoms with Crippen LogP contribution in [0.5, 0.6) is 0 Å². The number of rotatable bonds is 4. The van der Waals surface area contributed by atoms with Crippen LogP contribution in [0.1, 0.15) is 41.6 Å². The Morgan fingerprint density at radius 1 is 1.10 bits per heavy atom. The van der Waals surface area contributed by atoms with Gasteiger partial charge in [0.25, 0.3) is 5.91 Å². The third-order valence-corrected chi connectivity index (χ3v) is 6.86. The zero-order valence-electron chi connectivity index (χ0n) is 16.1. The fourth-order valence-corrected chi connectivity index (χ4v) is 5.26. The van der Waals surface area contributed by atoms with Gasteiger partial charge >= 0.3 is 6.18 Å². The van der Waals surface area contributed by atoms with Crippen molar-refractivity contribution in [3.63, 3.8) is 0 Å². The highest BCUT2D eigenvalue weighted by Gasteiger charge is 2.43. The van der Waals surface area contributed by atoms with Crippen LogP contribution in [0.2, 0.25) is 5.02 Å². The second-order valence-corrected chi connectivity index (χ2v) is 9.54. The lowest BCUT2D eigenvalue weighted by molar-refractivity contribution is -0.137. The van der Waals surface area contributed by atoms with Crippen molar-refractivity contribution in [1.29, 1.82) is 0 Å². The molecule has 31 heavy (non-hydrogen) atoms. The lowest BCUT2D eigenvalue weighted by atomic mass is 9.92. The molecule has 2 aromatic rings. The number of anilines is 1. The Morgan fingerprint density at radius 3 is 2.39 bits per heavy atom. The van der Waals surface area contributed by atoms with E-state index in [0.29, 0.717) is 18.9 Å². The molecule has 0 spiro atoms. The van der Waals surface area contributed by atoms with E-state index in [1.54, 1.807) is 0 Å². The zero-order chi connectivity index (χ0) is 23.0. The number of benzene rings is 2. The average Bonchev–Trinajstić information content (AvgIpc) is 2.68. The van der Waals surface area contributed by atoms with Gasteiger partial charge in [0.05, 0.1) is 22.5 Å². The lowest BCUT2D eigenvalue weighted by Crippen LogP contribution is -2.53. The topological polar surface area (TPSA) is 80.5 Å². The minimum atomic E-state index is -4.88. The summed E-state index contributed by atoms with van der Waals surface area (Å²) in [4.78, 5) is 14.1. The molecule has 1 fully saturated rings. The number of halogens is 5. The van der Waals surface area contributed by atoms with E-state index in [2.05, 4.69) is 0 Å². The fourth-order valence-electron chi connectivity index (χ4n) is 3.90. The summed E-state index contributed by atoms with van der Waals surface area (Å²) in [6.07, 6.45) is -3.70. The summed E-state index contributed by atoms with van der Waals surface area (Å²) in [5.74, 6) is -1.72. The van der Waals surface area contributed by atoms with E-state index in [-0.39, 0.29) is 23.4 Å². The van der Waals surface area contributed by atoms with E-state index in [4.69, 9.17) is 16.7 Å². The molecule has 0 bridgehead atoms. The van der Waals surface area contributed by atoms with Crippen LogP contribution in [0.25, 0.3) is 0 Å². The Morgan fingerprint density at radius 2 is 1.77 bits per heavy atom. The molecule has 5 nitrogen and oxygen atoms in total. The van der Waals surface area contributed by atoms with Gasteiger partial charge in [0.15, 0.2) is 0 Å². The Labute approximate surface area is 181 Å². The number of alkyl halides is 3. The molecule has 1 aliphatic rings. The van der Waals surface area contributed by atoms with Crippen molar-refractivity contribution < 1.29 is 30.8 Å². The van der Waals surface area contributed by atoms with Crippen LogP contribution >= 0.6 is 11.6 Å². The molecule has 2 unspecified atom stereocenters. The number of hydrogen-bond donors (Lipinski definition) is 1. The molecule has 1 saturated carbocycles. The van der Waals surface area contributed by atoms with Crippen molar-refractivity contribution in [2.24, 2.45) is 5.14 Å². The summed E-state index contributed by atoms with van der Waals surface area (Å²) >= 11 is 5.76. The molecule has 0 saturated heterocycles. The number of hydrogen-bond acceptors (Lipinski definition) is 3. The predicted molar refractivity (Wildman–Crippen MR) is 109 cm³/mol. The van der Waals surface area contributed by atoms with Gasteiger partial charge < -0.3 is 4.90 Å². The molecule has 0 radical (unpaired) electrons. The van der Waals surface area contributed by atoms with E-state index < -0.39 is 50.5 Å². The van der Waals surface area contributed by atoms with Crippen molar-refractivity contribution in [1.82, 2.24) is 0 Å². The van der Waals surface area contributed by atoms with Crippen LogP contribution in [0.4, 0.5) is 23.2 Å². The largest absolute Gasteiger partial charge is 0.418 e. The first-order valence-corrected chi connectivity index (χ1v) is 11.4. The standard InChI is InChI=1S/C20H19ClF4N2O3S/c21-13-8-9-16(15(11-13)20(23,24)25)27(19(28)12-4-3-5-14(22)10-12)17-6-1-2-7-18(17)31(26,29)30/h3-5,8-11,17-18H,1-2,6-7H2,(H2,26,29,30). The second kappa shape index (κ2) is 8.76. The van der Waals surface area contributed by atoms with E-state index in [1.807, 2.05) is 0 Å².